The topological polar surface area (TPSA) is 75.0 Å². The summed E-state index contributed by atoms with van der Waals surface area (Å²) in [7, 11) is 2.89. The van der Waals surface area contributed by atoms with E-state index in [1.54, 1.807) is 7.11 Å². The first-order valence-corrected chi connectivity index (χ1v) is 6.03. The summed E-state index contributed by atoms with van der Waals surface area (Å²) in [5, 5.41) is 0. The van der Waals surface area contributed by atoms with Crippen LogP contribution in [0.15, 0.2) is 16.5 Å². The van der Waals surface area contributed by atoms with Crippen LogP contribution in [0.2, 0.25) is 0 Å². The van der Waals surface area contributed by atoms with Crippen molar-refractivity contribution in [2.75, 3.05) is 27.4 Å². The third-order valence-corrected chi connectivity index (χ3v) is 2.42. The maximum absolute atomic E-state index is 11.6. The van der Waals surface area contributed by atoms with E-state index in [0.717, 1.165) is 19.3 Å². The molecule has 0 aliphatic carbocycles. The molecule has 1 heterocycles. The van der Waals surface area contributed by atoms with Crippen LogP contribution >= 0.6 is 0 Å². The lowest BCUT2D eigenvalue weighted by atomic mass is 10.2. The molecular formula is C13H18O6. The minimum absolute atomic E-state index is 0.00251. The van der Waals surface area contributed by atoms with E-state index in [4.69, 9.17) is 13.9 Å². The summed E-state index contributed by atoms with van der Waals surface area (Å²) >= 11 is 0. The molecule has 0 aliphatic rings. The normalized spacial score (nSPS) is 10.2. The summed E-state index contributed by atoms with van der Waals surface area (Å²) in [5.41, 5.74) is 0. The summed E-state index contributed by atoms with van der Waals surface area (Å²) in [6.45, 7) is 1.02. The Labute approximate surface area is 111 Å². The molecule has 1 rings (SSSR count). The molecule has 6 heteroatoms. The van der Waals surface area contributed by atoms with Gasteiger partial charge >= 0.3 is 11.9 Å². The van der Waals surface area contributed by atoms with E-state index in [-0.39, 0.29) is 11.5 Å². The number of furan rings is 1. The molecule has 0 saturated carbocycles. The van der Waals surface area contributed by atoms with Gasteiger partial charge in [0.1, 0.15) is 0 Å². The lowest BCUT2D eigenvalue weighted by Crippen LogP contribution is -2.06. The lowest BCUT2D eigenvalue weighted by Gasteiger charge is -2.02. The summed E-state index contributed by atoms with van der Waals surface area (Å²) in [4.78, 5) is 22.7. The van der Waals surface area contributed by atoms with Crippen molar-refractivity contribution in [3.8, 4) is 0 Å². The van der Waals surface area contributed by atoms with Gasteiger partial charge in [-0.2, -0.15) is 0 Å². The molecule has 0 radical (unpaired) electrons. The zero-order chi connectivity index (χ0) is 14.1. The second-order valence-electron chi connectivity index (χ2n) is 3.84. The van der Waals surface area contributed by atoms with Gasteiger partial charge in [0.2, 0.25) is 11.5 Å². The minimum Gasteiger partial charge on any atom is -0.463 e. The molecule has 0 unspecified atom stereocenters. The smallest absolute Gasteiger partial charge is 0.374 e. The quantitative estimate of drug-likeness (QED) is 0.531. The molecule has 1 aromatic rings. The Bertz CT molecular complexity index is 409. The van der Waals surface area contributed by atoms with Gasteiger partial charge in [0, 0.05) is 13.7 Å². The van der Waals surface area contributed by atoms with Crippen LogP contribution in [-0.2, 0) is 14.2 Å². The van der Waals surface area contributed by atoms with Crippen LogP contribution in [0.25, 0.3) is 0 Å². The van der Waals surface area contributed by atoms with Crippen molar-refractivity contribution in [3.05, 3.63) is 23.7 Å². The molecule has 0 aromatic carbocycles. The number of hydrogen-bond acceptors (Lipinski definition) is 6. The number of methoxy groups -OCH3 is 2. The highest BCUT2D eigenvalue weighted by Gasteiger charge is 2.16. The Morgan fingerprint density at radius 2 is 1.63 bits per heavy atom. The third-order valence-electron chi connectivity index (χ3n) is 2.42. The van der Waals surface area contributed by atoms with Crippen LogP contribution < -0.4 is 0 Å². The molecule has 106 valence electrons. The molecule has 1 aromatic heterocycles. The first kappa shape index (κ1) is 15.2. The number of carbonyl (C=O) groups excluding carboxylic acids is 2. The Morgan fingerprint density at radius 3 is 2.26 bits per heavy atom. The highest BCUT2D eigenvalue weighted by atomic mass is 16.6. The predicted molar refractivity (Wildman–Crippen MR) is 66.1 cm³/mol. The molecular weight excluding hydrogens is 252 g/mol. The third kappa shape index (κ3) is 5.13. The summed E-state index contributed by atoms with van der Waals surface area (Å²) in [6, 6.07) is 2.76. The highest BCUT2D eigenvalue weighted by molar-refractivity contribution is 5.90. The van der Waals surface area contributed by atoms with Crippen LogP contribution in [0.1, 0.15) is 40.4 Å². The molecule has 0 aliphatic heterocycles. The second-order valence-corrected chi connectivity index (χ2v) is 3.84. The molecule has 0 saturated heterocycles. The maximum atomic E-state index is 11.6. The molecule has 0 fully saturated rings. The van der Waals surface area contributed by atoms with E-state index < -0.39 is 11.9 Å². The zero-order valence-electron chi connectivity index (χ0n) is 11.1. The second kappa shape index (κ2) is 8.31. The standard InChI is InChI=1S/C13H18O6/c1-16-8-4-3-5-9-18-13(15)11-7-6-10(19-11)12(14)17-2/h6-7H,3-5,8-9H2,1-2H3. The van der Waals surface area contributed by atoms with Gasteiger partial charge < -0.3 is 18.6 Å². The largest absolute Gasteiger partial charge is 0.463 e. The number of ether oxygens (including phenoxy) is 3. The molecule has 19 heavy (non-hydrogen) atoms. The summed E-state index contributed by atoms with van der Waals surface area (Å²) < 4.78 is 19.4. The van der Waals surface area contributed by atoms with E-state index in [0.29, 0.717) is 13.2 Å². The van der Waals surface area contributed by atoms with E-state index >= 15 is 0 Å². The number of rotatable bonds is 8. The van der Waals surface area contributed by atoms with Crippen molar-refractivity contribution in [2.45, 2.75) is 19.3 Å². The van der Waals surface area contributed by atoms with E-state index in [1.807, 2.05) is 0 Å². The Balaban J connectivity index is 2.29. The number of hydrogen-bond donors (Lipinski definition) is 0. The fourth-order valence-electron chi connectivity index (χ4n) is 1.42. The fourth-order valence-corrected chi connectivity index (χ4v) is 1.42. The van der Waals surface area contributed by atoms with E-state index in [1.165, 1.54) is 19.2 Å². The molecule has 0 atom stereocenters. The molecule has 6 nitrogen and oxygen atoms in total. The monoisotopic (exact) mass is 270 g/mol. The average molecular weight is 270 g/mol. The highest BCUT2D eigenvalue weighted by Crippen LogP contribution is 2.10. The van der Waals surface area contributed by atoms with Crippen LogP contribution in [-0.4, -0.2) is 39.4 Å². The fraction of sp³-hybridized carbons (Fsp3) is 0.538. The predicted octanol–water partition coefficient (Wildman–Crippen LogP) is 2.04. The van der Waals surface area contributed by atoms with Crippen LogP contribution in [0.3, 0.4) is 0 Å². The molecule has 0 bridgehead atoms. The van der Waals surface area contributed by atoms with Crippen molar-refractivity contribution in [1.82, 2.24) is 0 Å². The number of carbonyl (C=O) groups is 2. The Kier molecular flexibility index (Phi) is 6.67. The van der Waals surface area contributed by atoms with Gasteiger partial charge in [-0.1, -0.05) is 0 Å². The summed E-state index contributed by atoms with van der Waals surface area (Å²) in [5.74, 6) is -1.23. The molecule has 0 N–H and O–H groups in total. The lowest BCUT2D eigenvalue weighted by molar-refractivity contribution is 0.0449. The van der Waals surface area contributed by atoms with Crippen molar-refractivity contribution in [1.29, 1.82) is 0 Å². The van der Waals surface area contributed by atoms with Crippen LogP contribution in [0, 0.1) is 0 Å². The van der Waals surface area contributed by atoms with E-state index in [2.05, 4.69) is 4.74 Å². The van der Waals surface area contributed by atoms with Crippen LogP contribution in [0.4, 0.5) is 0 Å². The number of unbranched alkanes of at least 4 members (excludes halogenated alkanes) is 2. The summed E-state index contributed by atoms with van der Waals surface area (Å²) in [6.07, 6.45) is 2.62. The first-order valence-electron chi connectivity index (χ1n) is 6.03. The zero-order valence-corrected chi connectivity index (χ0v) is 11.1. The van der Waals surface area contributed by atoms with E-state index in [9.17, 15) is 9.59 Å². The van der Waals surface area contributed by atoms with Crippen molar-refractivity contribution < 1.29 is 28.2 Å². The van der Waals surface area contributed by atoms with Gasteiger partial charge in [-0.3, -0.25) is 0 Å². The Morgan fingerprint density at radius 1 is 1.00 bits per heavy atom. The van der Waals surface area contributed by atoms with Crippen molar-refractivity contribution in [3.63, 3.8) is 0 Å². The van der Waals surface area contributed by atoms with Gasteiger partial charge in [0.05, 0.1) is 13.7 Å². The average Bonchev–Trinajstić information content (AvgIpc) is 2.91. The SMILES string of the molecule is COCCCCCOC(=O)c1ccc(C(=O)OC)o1. The minimum atomic E-state index is -0.626. The van der Waals surface area contributed by atoms with Gasteiger partial charge in [-0.15, -0.1) is 0 Å². The van der Waals surface area contributed by atoms with Gasteiger partial charge in [0.15, 0.2) is 0 Å². The molecule has 0 amide bonds. The molecule has 0 spiro atoms. The van der Waals surface area contributed by atoms with Gasteiger partial charge in [-0.05, 0) is 31.4 Å². The van der Waals surface area contributed by atoms with Gasteiger partial charge in [-0.25, -0.2) is 9.59 Å². The van der Waals surface area contributed by atoms with Crippen molar-refractivity contribution >= 4 is 11.9 Å². The van der Waals surface area contributed by atoms with Crippen LogP contribution in [0.5, 0.6) is 0 Å². The Hall–Kier alpha value is -1.82. The maximum Gasteiger partial charge on any atom is 0.374 e. The van der Waals surface area contributed by atoms with Crippen molar-refractivity contribution in [2.24, 2.45) is 0 Å². The number of esters is 2. The first-order chi connectivity index (χ1) is 9.19. The van der Waals surface area contributed by atoms with Gasteiger partial charge in [0.25, 0.3) is 0 Å².